The van der Waals surface area contributed by atoms with Crippen LogP contribution in [0.2, 0.25) is 0 Å². The Morgan fingerprint density at radius 3 is 1.88 bits per heavy atom. The maximum Gasteiger partial charge on any atom is 0.472 e. The van der Waals surface area contributed by atoms with Gasteiger partial charge in [0.05, 0.1) is 37.9 Å². The Morgan fingerprint density at radius 1 is 0.754 bits per heavy atom. The van der Waals surface area contributed by atoms with Crippen molar-refractivity contribution < 1.29 is 62.8 Å². The summed E-state index contributed by atoms with van der Waals surface area (Å²) in [6, 6.07) is -1.57. The van der Waals surface area contributed by atoms with Crippen LogP contribution < -0.4 is 5.73 Å². The molecule has 1 rings (SSSR count). The van der Waals surface area contributed by atoms with Crippen molar-refractivity contribution in [3.8, 4) is 0 Å². The molecule has 8 atom stereocenters. The highest BCUT2D eigenvalue weighted by molar-refractivity contribution is 7.47. The minimum Gasteiger partial charge on any atom is -0.480 e. The first-order valence-corrected chi connectivity index (χ1v) is 23.1. The number of unbranched alkanes of at least 4 members (excludes halogenated alkanes) is 16. The highest BCUT2D eigenvalue weighted by Crippen LogP contribution is 2.43. The van der Waals surface area contributed by atoms with Gasteiger partial charge in [0.25, 0.3) is 0 Å². The minimum atomic E-state index is -4.81. The van der Waals surface area contributed by atoms with Crippen molar-refractivity contribution >= 4 is 25.7 Å². The van der Waals surface area contributed by atoms with Crippen molar-refractivity contribution in [3.63, 3.8) is 0 Å². The maximum absolute atomic E-state index is 12.8. The monoisotopic (exact) mass is 834 g/mol. The molecular weight excluding hydrogens is 757 g/mol. The van der Waals surface area contributed by atoms with Crippen LogP contribution in [-0.2, 0) is 37.5 Å². The van der Waals surface area contributed by atoms with Crippen molar-refractivity contribution in [1.29, 1.82) is 0 Å². The first-order chi connectivity index (χ1) is 27.3. The number of carboxylic acids is 1. The molecule has 0 radical (unpaired) electrons. The number of aliphatic carboxylic acids is 1. The molecule has 0 bridgehead atoms. The number of nitrogens with two attached hydrogens (primary N) is 1. The van der Waals surface area contributed by atoms with Crippen molar-refractivity contribution in [1.82, 2.24) is 0 Å². The lowest BCUT2D eigenvalue weighted by molar-refractivity contribution is -0.160. The molecule has 7 N–H and O–H groups in total. The number of esters is 2. The van der Waals surface area contributed by atoms with Gasteiger partial charge in [-0.15, -0.1) is 0 Å². The van der Waals surface area contributed by atoms with Crippen LogP contribution in [0.5, 0.6) is 0 Å². The lowest BCUT2D eigenvalue weighted by Gasteiger charge is -2.20. The third kappa shape index (κ3) is 27.3. The van der Waals surface area contributed by atoms with Gasteiger partial charge in [0, 0.05) is 18.8 Å². The molecule has 1 unspecified atom stereocenters. The number of rotatable bonds is 36. The van der Waals surface area contributed by atoms with Gasteiger partial charge >= 0.3 is 25.7 Å². The van der Waals surface area contributed by atoms with Crippen molar-refractivity contribution in [3.05, 3.63) is 24.3 Å². The van der Waals surface area contributed by atoms with Crippen LogP contribution in [0.15, 0.2) is 24.3 Å². The predicted molar refractivity (Wildman–Crippen MR) is 219 cm³/mol. The van der Waals surface area contributed by atoms with E-state index in [0.717, 1.165) is 38.5 Å². The molecule has 15 heteroatoms. The zero-order valence-electron chi connectivity index (χ0n) is 34.8. The second-order valence-corrected chi connectivity index (χ2v) is 16.9. The largest absolute Gasteiger partial charge is 0.480 e. The molecular formula is C42H76NO13P. The number of ether oxygens (including phenoxy) is 2. The van der Waals surface area contributed by atoms with E-state index in [4.69, 9.17) is 24.8 Å². The van der Waals surface area contributed by atoms with Crippen LogP contribution in [0.25, 0.3) is 0 Å². The Morgan fingerprint density at radius 2 is 1.30 bits per heavy atom. The third-order valence-electron chi connectivity index (χ3n) is 10.3. The zero-order chi connectivity index (χ0) is 42.3. The fourth-order valence-corrected chi connectivity index (χ4v) is 7.58. The molecule has 1 aliphatic carbocycles. The number of carbonyl (C=O) groups is 3. The van der Waals surface area contributed by atoms with Crippen molar-refractivity contribution in [2.75, 3.05) is 19.8 Å². The summed E-state index contributed by atoms with van der Waals surface area (Å²) in [5, 5.41) is 40.2. The van der Waals surface area contributed by atoms with Gasteiger partial charge in [-0.2, -0.15) is 0 Å². The molecule has 1 aliphatic rings. The highest BCUT2D eigenvalue weighted by Gasteiger charge is 2.39. The minimum absolute atomic E-state index is 0.160. The van der Waals surface area contributed by atoms with E-state index in [1.165, 1.54) is 76.7 Å². The summed E-state index contributed by atoms with van der Waals surface area (Å²) in [5.41, 5.74) is 5.32. The number of carbonyl (C=O) groups excluding carboxylic acids is 2. The van der Waals surface area contributed by atoms with Crippen molar-refractivity contribution in [2.24, 2.45) is 17.6 Å². The van der Waals surface area contributed by atoms with E-state index in [-0.39, 0.29) is 31.1 Å². The highest BCUT2D eigenvalue weighted by atomic mass is 31.2. The van der Waals surface area contributed by atoms with E-state index in [1.54, 1.807) is 18.2 Å². The maximum atomic E-state index is 12.8. The molecule has 0 aliphatic heterocycles. The number of aliphatic hydroxyl groups excluding tert-OH is 3. The summed E-state index contributed by atoms with van der Waals surface area (Å²) in [6.07, 6.45) is 25.2. The van der Waals surface area contributed by atoms with Crippen molar-refractivity contribution in [2.45, 2.75) is 192 Å². The second kappa shape index (κ2) is 32.7. The third-order valence-corrected chi connectivity index (χ3v) is 11.3. The molecule has 14 nitrogen and oxygen atoms in total. The molecule has 332 valence electrons. The van der Waals surface area contributed by atoms with Gasteiger partial charge in [0.2, 0.25) is 0 Å². The van der Waals surface area contributed by atoms with Crippen LogP contribution in [0.1, 0.15) is 162 Å². The lowest BCUT2D eigenvalue weighted by atomic mass is 9.89. The van der Waals surface area contributed by atoms with Gasteiger partial charge in [-0.3, -0.25) is 23.4 Å². The summed E-state index contributed by atoms with van der Waals surface area (Å²) in [4.78, 5) is 46.2. The molecule has 57 heavy (non-hydrogen) atoms. The lowest BCUT2D eigenvalue weighted by Crippen LogP contribution is -2.34. The average Bonchev–Trinajstić information content (AvgIpc) is 3.44. The zero-order valence-corrected chi connectivity index (χ0v) is 35.7. The van der Waals surface area contributed by atoms with E-state index in [1.807, 2.05) is 0 Å². The Balaban J connectivity index is 2.56. The summed E-state index contributed by atoms with van der Waals surface area (Å²) in [6.45, 7) is 2.36. The van der Waals surface area contributed by atoms with E-state index in [2.05, 4.69) is 18.4 Å². The number of phosphoric ester groups is 1. The number of hydrogen-bond donors (Lipinski definition) is 6. The molecule has 0 amide bonds. The second-order valence-electron chi connectivity index (χ2n) is 15.5. The quantitative estimate of drug-likeness (QED) is 0.0156. The fourth-order valence-electron chi connectivity index (χ4n) is 6.80. The number of hydrogen-bond acceptors (Lipinski definition) is 12. The van der Waals surface area contributed by atoms with Gasteiger partial charge < -0.3 is 40.5 Å². The average molecular weight is 834 g/mol. The summed E-state index contributed by atoms with van der Waals surface area (Å²) in [5.74, 6) is -3.42. The number of phosphoric acid groups is 1. The number of allylic oxidation sites excluding steroid dienone is 1. The van der Waals surface area contributed by atoms with E-state index in [0.29, 0.717) is 19.3 Å². The van der Waals surface area contributed by atoms with E-state index in [9.17, 15) is 39.2 Å². The Kier molecular flexibility index (Phi) is 30.3. The number of aliphatic hydroxyl groups is 3. The predicted octanol–water partition coefficient (Wildman–Crippen LogP) is 7.44. The molecule has 1 fully saturated rings. The normalized spacial score (nSPS) is 21.1. The molecule has 0 spiro atoms. The van der Waals surface area contributed by atoms with Crippen LogP contribution in [0, 0.1) is 11.8 Å². The summed E-state index contributed by atoms with van der Waals surface area (Å²) in [7, 11) is -4.81. The fraction of sp³-hybridized carbons (Fsp3) is 0.833. The van der Waals surface area contributed by atoms with Gasteiger partial charge in [-0.05, 0) is 25.2 Å². The summed E-state index contributed by atoms with van der Waals surface area (Å²) >= 11 is 0. The first-order valence-electron chi connectivity index (χ1n) is 21.6. The Hall–Kier alpha value is -2.16. The van der Waals surface area contributed by atoms with Gasteiger partial charge in [0.15, 0.2) is 6.10 Å². The SMILES string of the molecule is CCCCCCCCCCCCCCCCCC(=O)OC[C@H](COP(=O)(O)OC[C@H](N)C(=O)O)OC(=O)C/C=C\C[C@H]1[C@@H](/C=C/[C@H](O)CCCCC)[C@H](O)C[C@@H]1O. The summed E-state index contributed by atoms with van der Waals surface area (Å²) < 4.78 is 32.6. The van der Waals surface area contributed by atoms with Crippen LogP contribution in [-0.4, -0.2) is 93.5 Å². The molecule has 1 saturated carbocycles. The van der Waals surface area contributed by atoms with Crippen LogP contribution in [0.4, 0.5) is 0 Å². The number of carboxylic acid groups (broad SMARTS) is 1. The van der Waals surface area contributed by atoms with Gasteiger partial charge in [-0.1, -0.05) is 147 Å². The van der Waals surface area contributed by atoms with Crippen LogP contribution >= 0.6 is 7.82 Å². The van der Waals surface area contributed by atoms with Gasteiger partial charge in [0.1, 0.15) is 12.6 Å². The van der Waals surface area contributed by atoms with E-state index >= 15 is 0 Å². The standard InChI is InChI=1S/C42H76NO13P/c1-3-5-7-8-9-10-11-12-13-14-15-16-17-18-20-25-40(47)53-30-34(31-54-57(51,52)55-32-37(43)42(49)50)56-41(48)26-22-21-24-35-36(39(46)29-38(35)45)28-27-33(44)23-19-6-4-2/h21-22,27-28,33-39,44-46H,3-20,23-26,29-32,43H2,1-2H3,(H,49,50)(H,51,52)/b22-21-,28-27+/t33-,34-,35+,36-,37+,38+,39-/m1/s1. The molecule has 0 heterocycles. The molecule has 0 aromatic rings. The smallest absolute Gasteiger partial charge is 0.472 e. The Bertz CT molecular complexity index is 1180. The van der Waals surface area contributed by atoms with Crippen LogP contribution in [0.3, 0.4) is 0 Å². The molecule has 0 saturated heterocycles. The Labute approximate surface area is 341 Å². The first kappa shape index (κ1) is 52.9. The molecule has 0 aromatic heterocycles. The van der Waals surface area contributed by atoms with E-state index < -0.39 is 76.0 Å². The topological polar surface area (TPSA) is 232 Å². The molecule has 0 aromatic carbocycles. The van der Waals surface area contributed by atoms with Gasteiger partial charge in [-0.25, -0.2) is 4.57 Å².